The molecule has 0 aliphatic carbocycles. The van der Waals surface area contributed by atoms with Crippen LogP contribution in [0.25, 0.3) is 0 Å². The van der Waals surface area contributed by atoms with E-state index in [9.17, 15) is 4.79 Å². The molecule has 2 N–H and O–H groups in total. The first-order valence-corrected chi connectivity index (χ1v) is 10.5. The van der Waals surface area contributed by atoms with Gasteiger partial charge in [0.2, 0.25) is 0 Å². The van der Waals surface area contributed by atoms with Crippen molar-refractivity contribution in [2.45, 2.75) is 32.5 Å². The molecule has 2 aromatic rings. The van der Waals surface area contributed by atoms with E-state index in [1.807, 2.05) is 18.2 Å². The van der Waals surface area contributed by atoms with E-state index in [0.29, 0.717) is 29.6 Å². The lowest BCUT2D eigenvalue weighted by Crippen LogP contribution is -2.44. The molecule has 10 heteroatoms. The molecule has 1 fully saturated rings. The van der Waals surface area contributed by atoms with Crippen LogP contribution in [0.15, 0.2) is 33.7 Å². The first kappa shape index (κ1) is 26.8. The van der Waals surface area contributed by atoms with Crippen molar-refractivity contribution in [1.82, 2.24) is 15.5 Å². The number of aliphatic imine (C=N–C) groups is 1. The van der Waals surface area contributed by atoms with Crippen molar-refractivity contribution in [1.29, 1.82) is 0 Å². The number of guanidine groups is 1. The van der Waals surface area contributed by atoms with Gasteiger partial charge in [0.15, 0.2) is 5.96 Å². The zero-order valence-electron chi connectivity index (χ0n) is 19.8. The molecule has 3 rings (SSSR count). The van der Waals surface area contributed by atoms with Crippen molar-refractivity contribution in [3.63, 3.8) is 0 Å². The van der Waals surface area contributed by atoms with Crippen molar-refractivity contribution in [3.8, 4) is 11.5 Å². The lowest BCUT2D eigenvalue weighted by Gasteiger charge is -2.19. The molecule has 1 saturated heterocycles. The number of benzene rings is 1. The van der Waals surface area contributed by atoms with E-state index >= 15 is 0 Å². The fourth-order valence-electron chi connectivity index (χ4n) is 3.81. The van der Waals surface area contributed by atoms with E-state index < -0.39 is 5.97 Å². The van der Waals surface area contributed by atoms with E-state index in [0.717, 1.165) is 43.1 Å². The fourth-order valence-corrected chi connectivity index (χ4v) is 3.81. The van der Waals surface area contributed by atoms with Gasteiger partial charge in [-0.15, -0.1) is 24.0 Å². The van der Waals surface area contributed by atoms with Crippen LogP contribution in [-0.4, -0.2) is 64.3 Å². The van der Waals surface area contributed by atoms with Gasteiger partial charge in [0, 0.05) is 38.8 Å². The predicted octanol–water partition coefficient (Wildman–Crippen LogP) is 2.95. The molecule has 33 heavy (non-hydrogen) atoms. The topological polar surface area (TPSA) is 97.6 Å². The van der Waals surface area contributed by atoms with E-state index in [2.05, 4.69) is 20.5 Å². The van der Waals surface area contributed by atoms with Gasteiger partial charge in [0.25, 0.3) is 0 Å². The average Bonchev–Trinajstić information content (AvgIpc) is 3.41. The second kappa shape index (κ2) is 12.7. The van der Waals surface area contributed by atoms with Crippen LogP contribution in [0.3, 0.4) is 0 Å². The maximum Gasteiger partial charge on any atom is 0.341 e. The summed E-state index contributed by atoms with van der Waals surface area (Å²) in [6.45, 7) is 4.85. The molecule has 1 aromatic carbocycles. The molecule has 182 valence electrons. The molecule has 0 amide bonds. The Balaban J connectivity index is 0.00000385. The minimum absolute atomic E-state index is 0. The Morgan fingerprint density at radius 2 is 1.88 bits per heavy atom. The van der Waals surface area contributed by atoms with Gasteiger partial charge in [0.05, 0.1) is 27.9 Å². The average molecular weight is 572 g/mol. The second-order valence-corrected chi connectivity index (χ2v) is 7.69. The van der Waals surface area contributed by atoms with Crippen LogP contribution in [-0.2, 0) is 17.8 Å². The quantitative estimate of drug-likeness (QED) is 0.216. The minimum Gasteiger partial charge on any atom is -0.497 e. The van der Waals surface area contributed by atoms with Gasteiger partial charge >= 0.3 is 5.97 Å². The molecule has 2 heterocycles. The molecule has 1 aliphatic rings. The summed E-state index contributed by atoms with van der Waals surface area (Å²) >= 11 is 0. The highest BCUT2D eigenvalue weighted by atomic mass is 127. The summed E-state index contributed by atoms with van der Waals surface area (Å²) in [5.41, 5.74) is 1.59. The maximum absolute atomic E-state index is 11.7. The molecule has 0 spiro atoms. The lowest BCUT2D eigenvalue weighted by molar-refractivity contribution is 0.0599. The zero-order chi connectivity index (χ0) is 23.1. The minimum atomic E-state index is -0.403. The highest BCUT2D eigenvalue weighted by Crippen LogP contribution is 2.24. The Labute approximate surface area is 211 Å². The molecular weight excluding hydrogens is 539 g/mol. The maximum atomic E-state index is 11.7. The largest absolute Gasteiger partial charge is 0.497 e. The third-order valence-electron chi connectivity index (χ3n) is 5.46. The van der Waals surface area contributed by atoms with Crippen molar-refractivity contribution in [2.24, 2.45) is 4.99 Å². The van der Waals surface area contributed by atoms with Gasteiger partial charge in [-0.05, 0) is 37.1 Å². The Morgan fingerprint density at radius 3 is 2.48 bits per heavy atom. The molecule has 0 saturated carbocycles. The summed E-state index contributed by atoms with van der Waals surface area (Å²) in [6.07, 6.45) is 1.01. The lowest BCUT2D eigenvalue weighted by atomic mass is 10.2. The normalized spacial score (nSPS) is 16.2. The van der Waals surface area contributed by atoms with E-state index in [1.165, 1.54) is 7.11 Å². The number of nitrogens with one attached hydrogen (secondary N) is 2. The van der Waals surface area contributed by atoms with Crippen molar-refractivity contribution >= 4 is 35.9 Å². The predicted molar refractivity (Wildman–Crippen MR) is 137 cm³/mol. The number of methoxy groups -OCH3 is 3. The van der Waals surface area contributed by atoms with E-state index in [1.54, 1.807) is 34.3 Å². The molecule has 0 radical (unpaired) electrons. The van der Waals surface area contributed by atoms with Gasteiger partial charge in [-0.25, -0.2) is 4.79 Å². The number of esters is 1. The highest BCUT2D eigenvalue weighted by molar-refractivity contribution is 14.0. The number of halogens is 1. The second-order valence-electron chi connectivity index (χ2n) is 7.69. The number of furan rings is 1. The van der Waals surface area contributed by atoms with Crippen LogP contribution in [0.4, 0.5) is 0 Å². The number of ether oxygens (including phenoxy) is 3. The van der Waals surface area contributed by atoms with Crippen LogP contribution in [0.5, 0.6) is 11.5 Å². The summed E-state index contributed by atoms with van der Waals surface area (Å²) in [7, 11) is 6.41. The van der Waals surface area contributed by atoms with Crippen LogP contribution in [0.2, 0.25) is 0 Å². The smallest absolute Gasteiger partial charge is 0.341 e. The van der Waals surface area contributed by atoms with Crippen LogP contribution in [0, 0.1) is 6.92 Å². The molecule has 9 nitrogen and oxygen atoms in total. The molecule has 1 aromatic heterocycles. The van der Waals surface area contributed by atoms with Crippen LogP contribution >= 0.6 is 24.0 Å². The molecular formula is C23H33IN4O5. The Hall–Kier alpha value is -2.47. The first-order valence-electron chi connectivity index (χ1n) is 10.5. The summed E-state index contributed by atoms with van der Waals surface area (Å²) in [6, 6.07) is 7.93. The van der Waals surface area contributed by atoms with Crippen LogP contribution in [0.1, 0.15) is 33.9 Å². The van der Waals surface area contributed by atoms with Crippen LogP contribution < -0.4 is 20.1 Å². The SMILES string of the molecule is CN=C(NCc1cc(C(=O)OC)c(C)o1)NC1CCN(Cc2cc(OC)cc(OC)c2)C1.I. The van der Waals surface area contributed by atoms with Gasteiger partial charge in [-0.2, -0.15) is 0 Å². The molecule has 1 aliphatic heterocycles. The zero-order valence-corrected chi connectivity index (χ0v) is 22.1. The van der Waals surface area contributed by atoms with Gasteiger partial charge in [-0.1, -0.05) is 0 Å². The molecule has 1 unspecified atom stereocenters. The Bertz CT molecular complexity index is 940. The fraction of sp³-hybridized carbons (Fsp3) is 0.478. The molecule has 1 atom stereocenters. The first-order chi connectivity index (χ1) is 15.4. The molecule has 0 bridgehead atoms. The number of rotatable bonds is 8. The van der Waals surface area contributed by atoms with E-state index in [4.69, 9.17) is 18.6 Å². The number of hydrogen-bond acceptors (Lipinski definition) is 7. The summed E-state index contributed by atoms with van der Waals surface area (Å²) in [5, 5.41) is 6.71. The van der Waals surface area contributed by atoms with E-state index in [-0.39, 0.29) is 30.0 Å². The van der Waals surface area contributed by atoms with Gasteiger partial charge in [0.1, 0.15) is 28.6 Å². The number of carbonyl (C=O) groups is 1. The number of aryl methyl sites for hydroxylation is 1. The number of nitrogens with zero attached hydrogens (tertiary/aromatic N) is 2. The van der Waals surface area contributed by atoms with Crippen molar-refractivity contribution in [3.05, 3.63) is 46.9 Å². The number of hydrogen-bond donors (Lipinski definition) is 2. The van der Waals surface area contributed by atoms with Crippen molar-refractivity contribution in [2.75, 3.05) is 41.5 Å². The van der Waals surface area contributed by atoms with Crippen molar-refractivity contribution < 1.29 is 23.4 Å². The Kier molecular flexibility index (Phi) is 10.3. The monoisotopic (exact) mass is 572 g/mol. The summed E-state index contributed by atoms with van der Waals surface area (Å²) in [5.74, 6) is 3.05. The summed E-state index contributed by atoms with van der Waals surface area (Å²) in [4.78, 5) is 18.4. The third-order valence-corrected chi connectivity index (χ3v) is 5.46. The Morgan fingerprint density at radius 1 is 1.18 bits per heavy atom. The number of likely N-dealkylation sites (tertiary alicyclic amines) is 1. The summed E-state index contributed by atoms with van der Waals surface area (Å²) < 4.78 is 21.2. The highest BCUT2D eigenvalue weighted by Gasteiger charge is 2.24. The van der Waals surface area contributed by atoms with Gasteiger partial charge in [-0.3, -0.25) is 9.89 Å². The number of carbonyl (C=O) groups excluding carboxylic acids is 1. The van der Waals surface area contributed by atoms with Gasteiger partial charge < -0.3 is 29.3 Å². The third kappa shape index (κ3) is 7.26. The standard InChI is InChI=1S/C23H32N4O5.HI/c1-15-21(22(28)31-5)11-20(32-15)12-25-23(24-2)26-17-6-7-27(14-17)13-16-8-18(29-3)10-19(9-16)30-4;/h8-11,17H,6-7,12-14H2,1-5H3,(H2,24,25,26);1H.